The van der Waals surface area contributed by atoms with Crippen molar-refractivity contribution in [2.45, 2.75) is 32.2 Å². The molecule has 0 saturated heterocycles. The number of hydrogen-bond acceptors (Lipinski definition) is 5. The van der Waals surface area contributed by atoms with E-state index in [0.717, 1.165) is 12.0 Å². The lowest BCUT2D eigenvalue weighted by molar-refractivity contribution is -0.388. The second kappa shape index (κ2) is 12.4. The van der Waals surface area contributed by atoms with Crippen molar-refractivity contribution in [3.8, 4) is 0 Å². The normalized spacial score (nSPS) is 12.9. The Morgan fingerprint density at radius 3 is 1.98 bits per heavy atom. The van der Waals surface area contributed by atoms with E-state index in [1.54, 1.807) is 30.3 Å². The van der Waals surface area contributed by atoms with Crippen LogP contribution in [-0.4, -0.2) is 43.0 Å². The van der Waals surface area contributed by atoms with Crippen LogP contribution in [0, 0.1) is 13.8 Å². The van der Waals surface area contributed by atoms with Gasteiger partial charge in [-0.25, -0.2) is 4.39 Å². The molecule has 3 aromatic carbocycles. The zero-order valence-corrected chi connectivity index (χ0v) is 22.1. The molecule has 0 bridgehead atoms. The largest absolute Gasteiger partial charge is 0.469 e. The van der Waals surface area contributed by atoms with Crippen LogP contribution in [0.5, 0.6) is 0 Å². The Hall–Kier alpha value is -4.39. The highest BCUT2D eigenvalue weighted by Crippen LogP contribution is 2.47. The highest BCUT2D eigenvalue weighted by molar-refractivity contribution is 6.09. The molecule has 1 unspecified atom stereocenters. The van der Waals surface area contributed by atoms with E-state index >= 15 is 0 Å². The molecule has 13 heteroatoms. The molecule has 1 atom stereocenters. The third kappa shape index (κ3) is 6.68. The number of esters is 1. The Morgan fingerprint density at radius 2 is 1.44 bits per heavy atom. The first-order valence-electron chi connectivity index (χ1n) is 12.0. The number of aryl methyl sites for hydroxylation is 2. The van der Waals surface area contributed by atoms with Gasteiger partial charge in [-0.3, -0.25) is 14.4 Å². The van der Waals surface area contributed by atoms with Gasteiger partial charge >= 0.3 is 17.9 Å². The molecule has 0 radical (unpaired) electrons. The third-order valence-electron chi connectivity index (χ3n) is 6.17. The first-order chi connectivity index (χ1) is 19.2. The number of ether oxygens (including phenoxy) is 1. The van der Waals surface area contributed by atoms with Gasteiger partial charge in [-0.2, -0.15) is 13.2 Å². The van der Waals surface area contributed by atoms with Gasteiger partial charge in [0.05, 0.1) is 18.9 Å². The number of hydrogen-bond donors (Lipinski definition) is 1. The van der Waals surface area contributed by atoms with Crippen LogP contribution >= 0.6 is 0 Å². The Bertz CT molecular complexity index is 1410. The summed E-state index contributed by atoms with van der Waals surface area (Å²) in [6.45, 7) is 2.13. The lowest BCUT2D eigenvalue weighted by Gasteiger charge is -2.31. The molecule has 0 heterocycles. The van der Waals surface area contributed by atoms with Crippen molar-refractivity contribution in [3.05, 3.63) is 94.5 Å². The number of benzene rings is 3. The third-order valence-corrected chi connectivity index (χ3v) is 6.17. The van der Waals surface area contributed by atoms with Gasteiger partial charge < -0.3 is 15.0 Å². The van der Waals surface area contributed by atoms with Crippen LogP contribution in [0.4, 0.5) is 37.9 Å². The van der Waals surface area contributed by atoms with Gasteiger partial charge in [-0.15, -0.1) is 0 Å². The van der Waals surface area contributed by atoms with E-state index in [1.807, 2.05) is 0 Å². The highest BCUT2D eigenvalue weighted by atomic mass is 19.4. The number of carbonyl (C=O) groups is 3. The maximum Gasteiger partial charge on any atom is 0.446 e. The number of rotatable bonds is 9. The maximum absolute atomic E-state index is 14.7. The summed E-state index contributed by atoms with van der Waals surface area (Å²) in [6.07, 6.45) is -6.31. The second-order valence-electron chi connectivity index (χ2n) is 9.00. The van der Waals surface area contributed by atoms with E-state index in [0.29, 0.717) is 17.7 Å². The van der Waals surface area contributed by atoms with Crippen molar-refractivity contribution in [1.82, 2.24) is 5.34 Å². The molecule has 41 heavy (non-hydrogen) atoms. The van der Waals surface area contributed by atoms with Gasteiger partial charge in [0, 0.05) is 34.6 Å². The van der Waals surface area contributed by atoms with E-state index in [2.05, 4.69) is 10.1 Å². The topological polar surface area (TPSA) is 79.0 Å². The fraction of sp³-hybridized carbons (Fsp3) is 0.250. The number of carbonyl (C=O) groups excluding carboxylic acids is 3. The number of alkyl halides is 4. The smallest absolute Gasteiger partial charge is 0.446 e. The standard InChI is InChI=1S/C28H25F6N3O4/c1-17-14-21(27(29,37(33)34)28(30,31)32)15-18(2)24(17)36(13-12-23(38)41-3)26(40)20-10-7-11-22(16-20)35-25(39)19-8-5-4-6-9-19/h4-11,14-16H,12-13H2,1-3H3,(H,35,39). The minimum atomic E-state index is -5.98. The molecule has 0 aliphatic rings. The van der Waals surface area contributed by atoms with Gasteiger partial charge in [0.25, 0.3) is 11.8 Å². The highest BCUT2D eigenvalue weighted by Gasteiger charge is 2.64. The second-order valence-corrected chi connectivity index (χ2v) is 9.00. The molecular formula is C28H25F6N3O4. The monoisotopic (exact) mass is 581 g/mol. The van der Waals surface area contributed by atoms with Crippen LogP contribution in [0.2, 0.25) is 0 Å². The van der Waals surface area contributed by atoms with E-state index in [9.17, 15) is 40.9 Å². The molecule has 3 aromatic rings. The Labute approximate surface area is 231 Å². The average molecular weight is 582 g/mol. The molecule has 7 nitrogen and oxygen atoms in total. The van der Waals surface area contributed by atoms with Crippen molar-refractivity contribution < 1.29 is 45.6 Å². The van der Waals surface area contributed by atoms with Gasteiger partial charge in [0.15, 0.2) is 0 Å². The number of nitrogens with zero attached hydrogens (tertiary/aromatic N) is 2. The zero-order valence-electron chi connectivity index (χ0n) is 22.1. The first-order valence-corrected chi connectivity index (χ1v) is 12.0. The Morgan fingerprint density at radius 1 is 0.854 bits per heavy atom. The van der Waals surface area contributed by atoms with Crippen molar-refractivity contribution in [3.63, 3.8) is 0 Å². The average Bonchev–Trinajstić information content (AvgIpc) is 2.93. The number of anilines is 2. The van der Waals surface area contributed by atoms with Gasteiger partial charge in [-0.1, -0.05) is 33.2 Å². The molecule has 0 aliphatic heterocycles. The number of amides is 2. The molecule has 0 spiro atoms. The van der Waals surface area contributed by atoms with Crippen LogP contribution < -0.4 is 10.2 Å². The SMILES string of the molecule is COC(=O)CCN(C(=O)c1cccc(NC(=O)c2ccccc2)c1)c1c(C)cc(C(F)(N(F)F)C(F)(F)F)cc1C. The molecule has 0 aliphatic carbocycles. The molecule has 3 rings (SSSR count). The van der Waals surface area contributed by atoms with Crippen molar-refractivity contribution in [2.75, 3.05) is 23.9 Å². The molecule has 0 saturated carbocycles. The van der Waals surface area contributed by atoms with Gasteiger partial charge in [-0.05, 0) is 67.4 Å². The molecule has 218 valence electrons. The van der Waals surface area contributed by atoms with Crippen molar-refractivity contribution >= 4 is 29.2 Å². The minimum Gasteiger partial charge on any atom is -0.469 e. The summed E-state index contributed by atoms with van der Waals surface area (Å²) in [5.74, 6) is -6.99. The summed E-state index contributed by atoms with van der Waals surface area (Å²) in [5, 5.41) is 0.0962. The first kappa shape index (κ1) is 31.1. The minimum absolute atomic E-state index is 0.0184. The van der Waals surface area contributed by atoms with E-state index < -0.39 is 40.7 Å². The van der Waals surface area contributed by atoms with Crippen LogP contribution in [0.15, 0.2) is 66.7 Å². The van der Waals surface area contributed by atoms with E-state index in [-0.39, 0.29) is 41.0 Å². The summed E-state index contributed by atoms with van der Waals surface area (Å²) in [5.41, 5.74) is -1.05. The lowest BCUT2D eigenvalue weighted by Crippen LogP contribution is -2.46. The summed E-state index contributed by atoms with van der Waals surface area (Å²) >= 11 is 0. The molecule has 2 amide bonds. The van der Waals surface area contributed by atoms with Crippen molar-refractivity contribution in [1.29, 1.82) is 0 Å². The Kier molecular flexibility index (Phi) is 9.43. The summed E-state index contributed by atoms with van der Waals surface area (Å²) in [4.78, 5) is 39.2. The van der Waals surface area contributed by atoms with E-state index in [4.69, 9.17) is 0 Å². The van der Waals surface area contributed by atoms with Gasteiger partial charge in [0.2, 0.25) is 0 Å². The quantitative estimate of drug-likeness (QED) is 0.135. The maximum atomic E-state index is 14.7. The number of halogens is 6. The zero-order chi connectivity index (χ0) is 30.5. The number of methoxy groups -OCH3 is 1. The fourth-order valence-electron chi connectivity index (χ4n) is 4.23. The Balaban J connectivity index is 2.04. The predicted molar refractivity (Wildman–Crippen MR) is 138 cm³/mol. The summed E-state index contributed by atoms with van der Waals surface area (Å²) < 4.78 is 85.8. The van der Waals surface area contributed by atoms with Crippen molar-refractivity contribution in [2.24, 2.45) is 0 Å². The van der Waals surface area contributed by atoms with Crippen LogP contribution in [0.1, 0.15) is 43.8 Å². The molecule has 0 aromatic heterocycles. The van der Waals surface area contributed by atoms with E-state index in [1.165, 1.54) is 38.1 Å². The lowest BCUT2D eigenvalue weighted by atomic mass is 9.96. The summed E-state index contributed by atoms with van der Waals surface area (Å²) in [6, 6.07) is 15.2. The molecular weight excluding hydrogens is 556 g/mol. The van der Waals surface area contributed by atoms with Gasteiger partial charge in [0.1, 0.15) is 0 Å². The number of nitrogens with one attached hydrogen (secondary N) is 1. The van der Waals surface area contributed by atoms with Crippen LogP contribution in [0.25, 0.3) is 0 Å². The fourth-order valence-corrected chi connectivity index (χ4v) is 4.23. The van der Waals surface area contributed by atoms with Crippen LogP contribution in [0.3, 0.4) is 0 Å². The van der Waals surface area contributed by atoms with Crippen LogP contribution in [-0.2, 0) is 15.3 Å². The summed E-state index contributed by atoms with van der Waals surface area (Å²) in [7, 11) is 1.12. The molecule has 1 N–H and O–H groups in total. The molecule has 0 fully saturated rings. The predicted octanol–water partition coefficient (Wildman–Crippen LogP) is 6.52.